The maximum atomic E-state index is 14.2. The molecule has 0 spiro atoms. The summed E-state index contributed by atoms with van der Waals surface area (Å²) in [4.78, 5) is 25.8. The standard InChI is InChI=1S/C24H17ClFNO2S3.C15H13ClFNO2.C9H6OS3/c1-14-5-10-20(27-24-18(25)3-2-4-19(24)26)16(11-14)12-22(28)29-17-8-6-15(7-9-17)21-13-23(30)32-31-21;1-9-5-6-13(10(7-9)8-14(19)20)18-15-11(16)3-2-4-12(15)17;10-7-3-1-6(2-4-7)8-5-9(11)13-12-8/h2-11,13,27H,12H2,1H3;2-7,18H,8H2,1H3,(H,19,20);1-5,10H. The number of hydrogen-bond acceptors (Lipinski definition) is 12. The predicted molar refractivity (Wildman–Crippen MR) is 271 cm³/mol. The summed E-state index contributed by atoms with van der Waals surface area (Å²) in [5.41, 5.74) is 6.74. The molecule has 0 aliphatic carbocycles. The van der Waals surface area contributed by atoms with Gasteiger partial charge in [-0.1, -0.05) is 137 Å². The Morgan fingerprint density at radius 1 is 0.615 bits per heavy atom. The van der Waals surface area contributed by atoms with Gasteiger partial charge in [-0.3, -0.25) is 9.59 Å². The van der Waals surface area contributed by atoms with Gasteiger partial charge < -0.3 is 25.6 Å². The number of aryl methyl sites for hydroxylation is 2. The van der Waals surface area contributed by atoms with Crippen molar-refractivity contribution in [3.8, 4) is 32.4 Å². The van der Waals surface area contributed by atoms with Gasteiger partial charge in [0.05, 0.1) is 34.3 Å². The number of para-hydroxylation sites is 2. The number of anilines is 4. The molecule has 0 radical (unpaired) electrons. The van der Waals surface area contributed by atoms with Gasteiger partial charge in [0.1, 0.15) is 30.8 Å². The van der Waals surface area contributed by atoms with Crippen LogP contribution in [0.2, 0.25) is 10.0 Å². The van der Waals surface area contributed by atoms with Crippen molar-refractivity contribution >= 4 is 124 Å². The van der Waals surface area contributed by atoms with Crippen molar-refractivity contribution in [3.63, 3.8) is 0 Å². The molecule has 0 saturated heterocycles. The summed E-state index contributed by atoms with van der Waals surface area (Å²) in [5, 5.41) is 24.4. The van der Waals surface area contributed by atoms with E-state index in [4.69, 9.17) is 62.6 Å². The minimum Gasteiger partial charge on any atom is -0.508 e. The van der Waals surface area contributed by atoms with Crippen LogP contribution in [0.4, 0.5) is 31.5 Å². The van der Waals surface area contributed by atoms with Gasteiger partial charge in [0.15, 0.2) is 0 Å². The molecule has 17 heteroatoms. The minimum absolute atomic E-state index is 0.0176. The third-order valence-corrected chi connectivity index (χ3v) is 15.5. The fourth-order valence-corrected chi connectivity index (χ4v) is 11.3. The van der Waals surface area contributed by atoms with Gasteiger partial charge in [-0.25, -0.2) is 8.78 Å². The summed E-state index contributed by atoms with van der Waals surface area (Å²) in [6.45, 7) is 3.79. The van der Waals surface area contributed by atoms with Crippen molar-refractivity contribution in [1.82, 2.24) is 0 Å². The number of benzene rings is 6. The van der Waals surface area contributed by atoms with Gasteiger partial charge in [-0.15, -0.1) is 0 Å². The van der Waals surface area contributed by atoms with Gasteiger partial charge >= 0.3 is 11.9 Å². The number of carbonyl (C=O) groups excluding carboxylic acids is 1. The summed E-state index contributed by atoms with van der Waals surface area (Å²) < 4.78 is 35.2. The molecule has 0 aliphatic rings. The first-order valence-corrected chi connectivity index (χ1v) is 25.1. The predicted octanol–water partition coefficient (Wildman–Crippen LogP) is 16.3. The van der Waals surface area contributed by atoms with Crippen molar-refractivity contribution in [2.45, 2.75) is 26.7 Å². The summed E-state index contributed by atoms with van der Waals surface area (Å²) >= 11 is 22.3. The van der Waals surface area contributed by atoms with Crippen molar-refractivity contribution in [3.05, 3.63) is 185 Å². The molecule has 0 bridgehead atoms. The minimum atomic E-state index is -0.946. The van der Waals surface area contributed by atoms with Crippen LogP contribution in [-0.4, -0.2) is 22.2 Å². The number of carboxylic acid groups (broad SMARTS) is 1. The molecule has 332 valence electrons. The molecule has 4 N–H and O–H groups in total. The van der Waals surface area contributed by atoms with Crippen molar-refractivity contribution in [2.75, 3.05) is 10.6 Å². The molecule has 2 aromatic heterocycles. The molecule has 65 heavy (non-hydrogen) atoms. The van der Waals surface area contributed by atoms with Crippen LogP contribution in [0.3, 0.4) is 0 Å². The first kappa shape index (κ1) is 49.1. The lowest BCUT2D eigenvalue weighted by Crippen LogP contribution is -2.12. The van der Waals surface area contributed by atoms with E-state index in [-0.39, 0.29) is 34.3 Å². The Kier molecular flexibility index (Phi) is 17.5. The normalized spacial score (nSPS) is 10.5. The molecular weight excluding hydrogens is 986 g/mol. The van der Waals surface area contributed by atoms with Crippen LogP contribution in [0.25, 0.3) is 20.9 Å². The van der Waals surface area contributed by atoms with Crippen molar-refractivity contribution in [1.29, 1.82) is 0 Å². The van der Waals surface area contributed by atoms with Gasteiger partial charge in [0, 0.05) is 21.1 Å². The first-order chi connectivity index (χ1) is 31.1. The zero-order chi connectivity index (χ0) is 46.6. The van der Waals surface area contributed by atoms with Crippen LogP contribution in [0, 0.1) is 33.1 Å². The first-order valence-electron chi connectivity index (χ1n) is 19.3. The van der Waals surface area contributed by atoms with Crippen molar-refractivity contribution in [2.24, 2.45) is 0 Å². The number of nitrogens with one attached hydrogen (secondary N) is 2. The van der Waals surface area contributed by atoms with E-state index in [0.29, 0.717) is 34.0 Å². The zero-order valence-electron chi connectivity index (χ0n) is 34.2. The van der Waals surface area contributed by atoms with Gasteiger partial charge in [0.2, 0.25) is 0 Å². The van der Waals surface area contributed by atoms with E-state index >= 15 is 0 Å². The fraction of sp³-hybridized carbons (Fsp3) is 0.0833. The monoisotopic (exact) mass is 1020 g/mol. The number of ether oxygens (including phenoxy) is 1. The molecule has 0 amide bonds. The average Bonchev–Trinajstić information content (AvgIpc) is 3.91. The quantitative estimate of drug-likeness (QED) is 0.0436. The topological polar surface area (TPSA) is 108 Å². The van der Waals surface area contributed by atoms with Crippen LogP contribution >= 0.6 is 89.0 Å². The molecule has 0 atom stereocenters. The third-order valence-electron chi connectivity index (χ3n) is 9.09. The molecule has 0 aliphatic heterocycles. The number of hydrogen-bond donors (Lipinski definition) is 4. The Morgan fingerprint density at radius 2 is 1.06 bits per heavy atom. The van der Waals surface area contributed by atoms with Crippen LogP contribution in [-0.2, 0) is 22.4 Å². The van der Waals surface area contributed by atoms with E-state index in [1.54, 1.807) is 96.0 Å². The summed E-state index contributed by atoms with van der Waals surface area (Å²) in [7, 11) is 6.43. The van der Waals surface area contributed by atoms with Gasteiger partial charge in [-0.2, -0.15) is 0 Å². The number of aromatic hydroxyl groups is 1. The number of esters is 1. The lowest BCUT2D eigenvalue weighted by atomic mass is 10.1. The van der Waals surface area contributed by atoms with Gasteiger partial charge in [0.25, 0.3) is 0 Å². The highest BCUT2D eigenvalue weighted by molar-refractivity contribution is 7.80. The maximum absolute atomic E-state index is 14.2. The molecule has 8 rings (SSSR count). The molecule has 0 fully saturated rings. The molecule has 2 heterocycles. The van der Waals surface area contributed by atoms with E-state index in [9.17, 15) is 18.4 Å². The summed E-state index contributed by atoms with van der Waals surface area (Å²) in [5.74, 6) is -1.57. The number of phenolic OH excluding ortho intramolecular Hbond substituents is 1. The molecular formula is C48H36Cl2F2N2O5S6. The van der Waals surface area contributed by atoms with Crippen molar-refractivity contribution < 1.29 is 33.3 Å². The smallest absolute Gasteiger partial charge is 0.315 e. The van der Waals surface area contributed by atoms with E-state index < -0.39 is 23.6 Å². The van der Waals surface area contributed by atoms with E-state index in [2.05, 4.69) is 10.6 Å². The number of rotatable bonds is 11. The SMILES string of the molecule is Cc1ccc(Nc2c(F)cccc2Cl)c(CC(=O)O)c1.Cc1ccc(Nc2c(F)cccc2Cl)c(CC(=O)Oc2ccc(-c3cc(=S)ss3)cc2)c1.Oc1ccc(-c2cc(=S)ss2)cc1. The zero-order valence-corrected chi connectivity index (χ0v) is 40.6. The van der Waals surface area contributed by atoms with Crippen LogP contribution in [0.1, 0.15) is 22.3 Å². The Bertz CT molecular complexity index is 3020. The number of carboxylic acids is 1. The Morgan fingerprint density at radius 3 is 1.48 bits per heavy atom. The highest BCUT2D eigenvalue weighted by atomic mass is 35.5. The average molecular weight is 1020 g/mol. The number of phenols is 1. The second-order valence-electron chi connectivity index (χ2n) is 14.0. The fourth-order valence-electron chi connectivity index (χ4n) is 6.03. The van der Waals surface area contributed by atoms with E-state index in [0.717, 1.165) is 39.7 Å². The molecule has 7 nitrogen and oxygen atoms in total. The third kappa shape index (κ3) is 14.3. The lowest BCUT2D eigenvalue weighted by molar-refractivity contribution is -0.136. The van der Waals surface area contributed by atoms with E-state index in [1.807, 2.05) is 68.4 Å². The molecule has 8 aromatic rings. The molecule has 6 aromatic carbocycles. The number of halogens is 4. The largest absolute Gasteiger partial charge is 0.508 e. The van der Waals surface area contributed by atoms with Gasteiger partial charge in [-0.05, 0) is 133 Å². The molecule has 0 saturated carbocycles. The Labute approximate surface area is 408 Å². The maximum Gasteiger partial charge on any atom is 0.315 e. The number of aliphatic carboxylic acids is 1. The van der Waals surface area contributed by atoms with Crippen LogP contribution < -0.4 is 15.4 Å². The highest BCUT2D eigenvalue weighted by Crippen LogP contribution is 2.34. The second-order valence-corrected chi connectivity index (χ2v) is 20.7. The lowest BCUT2D eigenvalue weighted by Gasteiger charge is -2.14. The number of carbonyl (C=O) groups is 2. The van der Waals surface area contributed by atoms with Crippen LogP contribution in [0.15, 0.2) is 133 Å². The Hall–Kier alpha value is -5.36. The Balaban J connectivity index is 0.000000180. The summed E-state index contributed by atoms with van der Waals surface area (Å²) in [6.07, 6.45) is -0.125. The second kappa shape index (κ2) is 23.2. The highest BCUT2D eigenvalue weighted by Gasteiger charge is 2.15. The molecule has 0 unspecified atom stereocenters. The summed E-state index contributed by atoms with van der Waals surface area (Å²) in [6, 6.07) is 38.1. The van der Waals surface area contributed by atoms with Crippen LogP contribution in [0.5, 0.6) is 11.5 Å². The van der Waals surface area contributed by atoms with E-state index in [1.165, 1.54) is 24.3 Å².